The first-order valence-corrected chi connectivity index (χ1v) is 14.2. The molecule has 0 aliphatic carbocycles. The molecule has 0 unspecified atom stereocenters. The number of nitrogens with zero attached hydrogens (tertiary/aromatic N) is 1. The molecule has 8 atom stereocenters. The molecule has 0 saturated carbocycles. The van der Waals surface area contributed by atoms with Gasteiger partial charge in [0, 0.05) is 37.5 Å². The Balaban J connectivity index is 0.000000644. The number of nitrogens with two attached hydrogens (primary N) is 1. The lowest BCUT2D eigenvalue weighted by molar-refractivity contribution is -0.211. The largest absolute Gasteiger partial charge is 0.490 e. The Morgan fingerprint density at radius 3 is 2.23 bits per heavy atom. The number of aliphatic hydroxyl groups is 3. The van der Waals surface area contributed by atoms with Gasteiger partial charge < -0.3 is 50.4 Å². The lowest BCUT2D eigenvalue weighted by Gasteiger charge is -2.28. The van der Waals surface area contributed by atoms with Crippen molar-refractivity contribution in [3.8, 4) is 11.5 Å². The lowest BCUT2D eigenvalue weighted by Crippen LogP contribution is -2.42. The van der Waals surface area contributed by atoms with Crippen LogP contribution in [0.4, 0.5) is 18.9 Å². The Morgan fingerprint density at radius 2 is 1.66 bits per heavy atom. The summed E-state index contributed by atoms with van der Waals surface area (Å²) in [6.45, 7) is 0.133. The Bertz CT molecular complexity index is 1570. The third kappa shape index (κ3) is 9.38. The molecule has 3 heterocycles. The predicted molar refractivity (Wildman–Crippen MR) is 156 cm³/mol. The van der Waals surface area contributed by atoms with Crippen molar-refractivity contribution < 1.29 is 57.3 Å². The average molecular weight is 671 g/mol. The summed E-state index contributed by atoms with van der Waals surface area (Å²) in [6, 6.07) is 17.7. The third-order valence-electron chi connectivity index (χ3n) is 7.10. The molecule has 0 amide bonds. The van der Waals surface area contributed by atoms with Crippen LogP contribution in [0.1, 0.15) is 12.6 Å². The first-order chi connectivity index (χ1) is 22.3. The van der Waals surface area contributed by atoms with E-state index in [-0.39, 0.29) is 19.5 Å². The molecule has 0 radical (unpaired) electrons. The topological polar surface area (TPSA) is 228 Å². The number of benzene rings is 2. The zero-order valence-corrected chi connectivity index (χ0v) is 24.4. The Morgan fingerprint density at radius 1 is 1.02 bits per heavy atom. The van der Waals surface area contributed by atoms with E-state index < -0.39 is 72.5 Å². The number of carboxylic acid groups (broad SMARTS) is 1. The zero-order chi connectivity index (χ0) is 34.3. The van der Waals surface area contributed by atoms with Crippen LogP contribution >= 0.6 is 0 Å². The first-order valence-electron chi connectivity index (χ1n) is 14.2. The molecular weight excluding hydrogens is 637 g/mol. The van der Waals surface area contributed by atoms with E-state index in [1.165, 1.54) is 6.20 Å². The molecule has 2 fully saturated rings. The summed E-state index contributed by atoms with van der Waals surface area (Å²) < 4.78 is 56.4. The van der Waals surface area contributed by atoms with Crippen molar-refractivity contribution in [1.82, 2.24) is 9.55 Å². The number of carboxylic acids is 1. The van der Waals surface area contributed by atoms with E-state index in [1.807, 2.05) is 42.5 Å². The van der Waals surface area contributed by atoms with Gasteiger partial charge in [-0.2, -0.15) is 13.2 Å². The van der Waals surface area contributed by atoms with Gasteiger partial charge in [-0.1, -0.05) is 18.2 Å². The molecule has 2 aliphatic heterocycles. The number of alkyl halides is 3. The number of aliphatic hydroxyl groups excluding tert-OH is 3. The van der Waals surface area contributed by atoms with E-state index in [0.717, 1.165) is 16.3 Å². The normalized spacial score (nSPS) is 26.2. The van der Waals surface area contributed by atoms with Crippen LogP contribution in [-0.4, -0.2) is 98.1 Å². The number of aromatic amines is 1. The van der Waals surface area contributed by atoms with Gasteiger partial charge >= 0.3 is 17.8 Å². The van der Waals surface area contributed by atoms with Crippen molar-refractivity contribution in [3.05, 3.63) is 87.7 Å². The molecule has 3 aromatic rings. The number of hydrogen-bond donors (Lipinski definition) is 7. The fraction of sp³-hybridized carbons (Fsp3) is 0.414. The highest BCUT2D eigenvalue weighted by molar-refractivity contribution is 5.73. The molecule has 2 saturated heterocycles. The molecule has 47 heavy (non-hydrogen) atoms. The number of aliphatic carboxylic acids is 1. The van der Waals surface area contributed by atoms with Crippen LogP contribution < -0.4 is 27.0 Å². The second kappa shape index (κ2) is 15.5. The Labute approximate surface area is 263 Å². The van der Waals surface area contributed by atoms with Crippen molar-refractivity contribution >= 4 is 11.7 Å². The van der Waals surface area contributed by atoms with Crippen molar-refractivity contribution in [2.75, 3.05) is 18.4 Å². The molecule has 256 valence electrons. The van der Waals surface area contributed by atoms with E-state index in [0.29, 0.717) is 11.5 Å². The number of aromatic nitrogens is 2. The predicted octanol–water partition coefficient (Wildman–Crippen LogP) is 0.513. The number of ether oxygens (including phenoxy) is 4. The van der Waals surface area contributed by atoms with Crippen LogP contribution in [0.15, 0.2) is 76.4 Å². The van der Waals surface area contributed by atoms with Gasteiger partial charge in [0.05, 0.1) is 6.10 Å². The summed E-state index contributed by atoms with van der Waals surface area (Å²) in [7, 11) is 0. The molecule has 2 aromatic carbocycles. The van der Waals surface area contributed by atoms with E-state index in [2.05, 4.69) is 10.3 Å². The second-order valence-corrected chi connectivity index (χ2v) is 10.4. The van der Waals surface area contributed by atoms with Crippen molar-refractivity contribution in [2.45, 2.75) is 61.7 Å². The number of carbonyl (C=O) groups is 1. The van der Waals surface area contributed by atoms with Gasteiger partial charge in [0.2, 0.25) is 0 Å². The summed E-state index contributed by atoms with van der Waals surface area (Å²) in [4.78, 5) is 34.8. The van der Waals surface area contributed by atoms with E-state index >= 15 is 0 Å². The highest BCUT2D eigenvalue weighted by atomic mass is 19.4. The molecule has 15 nitrogen and oxygen atoms in total. The smallest absolute Gasteiger partial charge is 0.475 e. The standard InChI is InChI=1S/C27H32N4O9.C2HF3O2/c28-13-20-23(34)24(35)26(39-20)40-21(19-12-18(32)25(38-19)31-11-10-22(33)30-27(31)36)14-29-15-6-8-17(9-7-15)37-16-4-2-1-3-5-16;3-2(4,5)1(6)7/h1-11,18-21,23-26,29,32,34-35H,12-14,28H2,(H,30,33,36);(H,6,7)/t18-,19+,20-,21+,23-,24-,25-,26+;/m1./s1. The van der Waals surface area contributed by atoms with Gasteiger partial charge in [0.25, 0.3) is 5.56 Å². The zero-order valence-electron chi connectivity index (χ0n) is 24.4. The van der Waals surface area contributed by atoms with E-state index in [4.69, 9.17) is 34.6 Å². The number of rotatable bonds is 10. The molecule has 0 spiro atoms. The van der Waals surface area contributed by atoms with E-state index in [1.54, 1.807) is 12.1 Å². The Kier molecular flexibility index (Phi) is 11.7. The number of hydrogen-bond acceptors (Lipinski definition) is 12. The Hall–Kier alpha value is -4.30. The van der Waals surface area contributed by atoms with Gasteiger partial charge in [-0.05, 0) is 36.4 Å². The lowest BCUT2D eigenvalue weighted by atomic mass is 10.1. The monoisotopic (exact) mass is 670 g/mol. The second-order valence-electron chi connectivity index (χ2n) is 10.4. The van der Waals surface area contributed by atoms with Crippen LogP contribution in [0.25, 0.3) is 0 Å². The number of anilines is 1. The van der Waals surface area contributed by atoms with Gasteiger partial charge in [0.1, 0.15) is 42.0 Å². The van der Waals surface area contributed by atoms with E-state index in [9.17, 15) is 38.1 Å². The average Bonchev–Trinajstić information content (AvgIpc) is 3.54. The van der Waals surface area contributed by atoms with Gasteiger partial charge in [-0.3, -0.25) is 14.3 Å². The van der Waals surface area contributed by atoms with Gasteiger partial charge in [0.15, 0.2) is 12.5 Å². The minimum absolute atomic E-state index is 0.0196. The van der Waals surface area contributed by atoms with Crippen molar-refractivity contribution in [3.63, 3.8) is 0 Å². The number of H-pyrrole nitrogens is 1. The SMILES string of the molecule is NC[C@H]1O[C@@H](O[C@@H](CNc2ccc(Oc3ccccc3)cc2)[C@@H]2C[C@@H](O)[C@H](n3ccc(=O)[nH]c3=O)O2)[C@H](O)[C@@H]1O.O=C(O)C(F)(F)F. The summed E-state index contributed by atoms with van der Waals surface area (Å²) in [5.74, 6) is -1.41. The van der Waals surface area contributed by atoms with Crippen molar-refractivity contribution in [1.29, 1.82) is 0 Å². The van der Waals surface area contributed by atoms with Crippen LogP contribution in [-0.2, 0) is 19.0 Å². The first kappa shape index (κ1) is 35.6. The minimum Gasteiger partial charge on any atom is -0.475 e. The summed E-state index contributed by atoms with van der Waals surface area (Å²) in [5.41, 5.74) is 5.06. The fourth-order valence-corrected chi connectivity index (χ4v) is 4.74. The molecule has 18 heteroatoms. The maximum absolute atomic E-state index is 12.3. The van der Waals surface area contributed by atoms with Crippen LogP contribution in [0.5, 0.6) is 11.5 Å². The fourth-order valence-electron chi connectivity index (χ4n) is 4.74. The maximum Gasteiger partial charge on any atom is 0.490 e. The highest BCUT2D eigenvalue weighted by Crippen LogP contribution is 2.33. The molecule has 5 rings (SSSR count). The number of para-hydroxylation sites is 1. The number of halogens is 3. The van der Waals surface area contributed by atoms with Crippen LogP contribution in [0.2, 0.25) is 0 Å². The number of nitrogens with one attached hydrogen (secondary N) is 2. The minimum atomic E-state index is -5.08. The summed E-state index contributed by atoms with van der Waals surface area (Å²) in [5, 5.41) is 41.8. The van der Waals surface area contributed by atoms with Gasteiger partial charge in [-0.15, -0.1) is 0 Å². The van der Waals surface area contributed by atoms with Crippen LogP contribution in [0, 0.1) is 0 Å². The molecule has 1 aromatic heterocycles. The molecule has 8 N–H and O–H groups in total. The quantitative estimate of drug-likeness (QED) is 0.156. The molecule has 2 aliphatic rings. The molecule has 0 bridgehead atoms. The summed E-state index contributed by atoms with van der Waals surface area (Å²) in [6.07, 6.45) is -12.1. The van der Waals surface area contributed by atoms with Crippen molar-refractivity contribution in [2.24, 2.45) is 5.73 Å². The summed E-state index contributed by atoms with van der Waals surface area (Å²) >= 11 is 0. The third-order valence-corrected chi connectivity index (χ3v) is 7.10. The maximum atomic E-state index is 12.3. The van der Waals surface area contributed by atoms with Crippen LogP contribution in [0.3, 0.4) is 0 Å². The molecular formula is C29H33F3N4O11. The highest BCUT2D eigenvalue weighted by Gasteiger charge is 2.47. The van der Waals surface area contributed by atoms with Gasteiger partial charge in [-0.25, -0.2) is 9.59 Å².